The molecule has 4 aromatic heterocycles. The molecule has 0 aliphatic rings. The molecule has 5 rings (SSSR count). The summed E-state index contributed by atoms with van der Waals surface area (Å²) in [5, 5.41) is 16.1. The summed E-state index contributed by atoms with van der Waals surface area (Å²) in [6.45, 7) is 1.90. The molecular formula is C18H11ClN6OS. The molecule has 0 N–H and O–H groups in total. The van der Waals surface area contributed by atoms with Gasteiger partial charge >= 0.3 is 0 Å². The van der Waals surface area contributed by atoms with Crippen molar-refractivity contribution in [2.45, 2.75) is 6.92 Å². The van der Waals surface area contributed by atoms with Crippen molar-refractivity contribution in [3.8, 4) is 16.3 Å². The Hall–Kier alpha value is -3.10. The fourth-order valence-corrected chi connectivity index (χ4v) is 3.93. The lowest BCUT2D eigenvalue weighted by atomic mass is 10.1. The number of aromatic nitrogens is 6. The zero-order valence-corrected chi connectivity index (χ0v) is 15.6. The van der Waals surface area contributed by atoms with Gasteiger partial charge in [0.05, 0.1) is 11.3 Å². The van der Waals surface area contributed by atoms with Gasteiger partial charge in [-0.1, -0.05) is 23.7 Å². The zero-order valence-electron chi connectivity index (χ0n) is 14.0. The summed E-state index contributed by atoms with van der Waals surface area (Å²) < 4.78 is 3.11. The number of aryl methyl sites for hydroxylation is 1. The molecule has 132 valence electrons. The average molecular weight is 395 g/mol. The van der Waals surface area contributed by atoms with Crippen LogP contribution in [0.2, 0.25) is 5.02 Å². The third-order valence-electron chi connectivity index (χ3n) is 4.29. The van der Waals surface area contributed by atoms with Crippen LogP contribution in [-0.4, -0.2) is 29.4 Å². The van der Waals surface area contributed by atoms with Crippen LogP contribution in [0.1, 0.15) is 5.69 Å². The number of rotatable bonds is 2. The maximum atomic E-state index is 12.8. The summed E-state index contributed by atoms with van der Waals surface area (Å²) in [5.74, 6) is 0. The molecule has 9 heteroatoms. The first-order chi connectivity index (χ1) is 13.1. The Bertz CT molecular complexity index is 1370. The van der Waals surface area contributed by atoms with Crippen molar-refractivity contribution < 1.29 is 0 Å². The summed E-state index contributed by atoms with van der Waals surface area (Å²) in [4.78, 5) is 17.0. The Balaban J connectivity index is 1.81. The van der Waals surface area contributed by atoms with Crippen LogP contribution in [0.25, 0.3) is 32.9 Å². The summed E-state index contributed by atoms with van der Waals surface area (Å²) in [6, 6.07) is 9.30. The van der Waals surface area contributed by atoms with E-state index < -0.39 is 0 Å². The molecule has 0 aliphatic carbocycles. The lowest BCUT2D eigenvalue weighted by Gasteiger charge is -2.04. The van der Waals surface area contributed by atoms with Crippen molar-refractivity contribution in [1.82, 2.24) is 29.4 Å². The Morgan fingerprint density at radius 3 is 2.85 bits per heavy atom. The van der Waals surface area contributed by atoms with Crippen molar-refractivity contribution in [3.05, 3.63) is 69.2 Å². The van der Waals surface area contributed by atoms with E-state index in [0.29, 0.717) is 21.3 Å². The Morgan fingerprint density at radius 1 is 1.19 bits per heavy atom. The number of fused-ring (bicyclic) bond motifs is 3. The Morgan fingerprint density at radius 2 is 2.07 bits per heavy atom. The zero-order chi connectivity index (χ0) is 18.5. The lowest BCUT2D eigenvalue weighted by molar-refractivity contribution is 0.903. The lowest BCUT2D eigenvalue weighted by Crippen LogP contribution is -2.20. The molecule has 0 spiro atoms. The third-order valence-corrected chi connectivity index (χ3v) is 5.30. The number of thiazole rings is 1. The van der Waals surface area contributed by atoms with E-state index in [4.69, 9.17) is 11.6 Å². The molecule has 0 fully saturated rings. The fourth-order valence-electron chi connectivity index (χ4n) is 3.12. The molecule has 4 heterocycles. The van der Waals surface area contributed by atoms with Crippen molar-refractivity contribution >= 4 is 39.6 Å². The maximum absolute atomic E-state index is 12.8. The highest BCUT2D eigenvalue weighted by molar-refractivity contribution is 7.12. The van der Waals surface area contributed by atoms with Crippen LogP contribution in [0.4, 0.5) is 0 Å². The van der Waals surface area contributed by atoms with Gasteiger partial charge in [0.15, 0.2) is 16.3 Å². The van der Waals surface area contributed by atoms with E-state index in [1.807, 2.05) is 36.6 Å². The monoisotopic (exact) mass is 394 g/mol. The van der Waals surface area contributed by atoms with Gasteiger partial charge in [-0.15, -0.1) is 21.5 Å². The largest absolute Gasteiger partial charge is 0.286 e. The van der Waals surface area contributed by atoms with Crippen molar-refractivity contribution in [2.75, 3.05) is 0 Å². The first-order valence-electron chi connectivity index (χ1n) is 8.06. The van der Waals surface area contributed by atoms with Crippen molar-refractivity contribution in [3.63, 3.8) is 0 Å². The first-order valence-corrected chi connectivity index (χ1v) is 9.32. The second-order valence-electron chi connectivity index (χ2n) is 5.95. The summed E-state index contributed by atoms with van der Waals surface area (Å²) in [7, 11) is 0. The molecule has 7 nitrogen and oxygen atoms in total. The smallest absolute Gasteiger partial charge is 0.266 e. The minimum atomic E-state index is -0.283. The van der Waals surface area contributed by atoms with E-state index in [9.17, 15) is 4.79 Å². The van der Waals surface area contributed by atoms with Gasteiger partial charge in [-0.3, -0.25) is 9.36 Å². The molecule has 1 aromatic carbocycles. The van der Waals surface area contributed by atoms with Crippen LogP contribution in [0.5, 0.6) is 0 Å². The first kappa shape index (κ1) is 16.1. The second kappa shape index (κ2) is 5.97. The molecule has 0 radical (unpaired) electrons. The number of nitrogens with zero attached hydrogens (tertiary/aromatic N) is 6. The molecule has 0 atom stereocenters. The molecule has 5 aromatic rings. The molecular weight excluding hydrogens is 384 g/mol. The normalized spacial score (nSPS) is 11.5. The minimum Gasteiger partial charge on any atom is -0.266 e. The predicted molar refractivity (Wildman–Crippen MR) is 105 cm³/mol. The molecule has 0 unspecified atom stereocenters. The number of pyridine rings is 1. The molecule has 0 bridgehead atoms. The van der Waals surface area contributed by atoms with E-state index >= 15 is 0 Å². The van der Waals surface area contributed by atoms with Gasteiger partial charge in [0, 0.05) is 22.8 Å². The standard InChI is InChI=1S/C18H11ClN6OS/c1-10-14(11-3-2-4-12(19)9-11)16-22-21-15-13(25(16)23-10)5-7-24(17(15)26)18-20-6-8-27-18/h2-9H,1H3. The van der Waals surface area contributed by atoms with E-state index in [1.54, 1.807) is 23.0 Å². The number of halogens is 1. The van der Waals surface area contributed by atoms with Gasteiger partial charge in [0.25, 0.3) is 5.56 Å². The van der Waals surface area contributed by atoms with Gasteiger partial charge < -0.3 is 0 Å². The molecule has 0 aliphatic heterocycles. The number of benzene rings is 1. The molecule has 0 saturated carbocycles. The predicted octanol–water partition coefficient (Wildman–Crippen LogP) is 3.51. The van der Waals surface area contributed by atoms with Gasteiger partial charge in [0.2, 0.25) is 0 Å². The van der Waals surface area contributed by atoms with E-state index in [1.165, 1.54) is 15.9 Å². The quantitative estimate of drug-likeness (QED) is 0.458. The van der Waals surface area contributed by atoms with Crippen LogP contribution in [-0.2, 0) is 0 Å². The topological polar surface area (TPSA) is 78.0 Å². The highest BCUT2D eigenvalue weighted by Crippen LogP contribution is 2.29. The molecule has 0 saturated heterocycles. The van der Waals surface area contributed by atoms with E-state index in [2.05, 4.69) is 20.3 Å². The summed E-state index contributed by atoms with van der Waals surface area (Å²) in [6.07, 6.45) is 3.33. The van der Waals surface area contributed by atoms with Gasteiger partial charge in [-0.05, 0) is 30.7 Å². The van der Waals surface area contributed by atoms with Crippen LogP contribution in [0.3, 0.4) is 0 Å². The number of hydrogen-bond donors (Lipinski definition) is 0. The van der Waals surface area contributed by atoms with Gasteiger partial charge in [-0.25, -0.2) is 9.50 Å². The maximum Gasteiger partial charge on any atom is 0.286 e. The van der Waals surface area contributed by atoms with Crippen LogP contribution < -0.4 is 5.56 Å². The average Bonchev–Trinajstić information content (AvgIpc) is 3.29. The van der Waals surface area contributed by atoms with Crippen LogP contribution >= 0.6 is 22.9 Å². The third kappa shape index (κ3) is 2.45. The highest BCUT2D eigenvalue weighted by Gasteiger charge is 2.18. The van der Waals surface area contributed by atoms with Crippen molar-refractivity contribution in [2.24, 2.45) is 0 Å². The SMILES string of the molecule is Cc1nn2c(nnc3c(=O)n(-c4nccs4)ccc32)c1-c1cccc(Cl)c1. The van der Waals surface area contributed by atoms with E-state index in [-0.39, 0.29) is 11.1 Å². The minimum absolute atomic E-state index is 0.236. The number of hydrogen-bond acceptors (Lipinski definition) is 6. The van der Waals surface area contributed by atoms with Gasteiger partial charge in [-0.2, -0.15) is 5.10 Å². The summed E-state index contributed by atoms with van der Waals surface area (Å²) >= 11 is 7.51. The fraction of sp³-hybridized carbons (Fsp3) is 0.0556. The van der Waals surface area contributed by atoms with Crippen molar-refractivity contribution in [1.29, 1.82) is 0 Å². The molecule has 0 amide bonds. The highest BCUT2D eigenvalue weighted by atomic mass is 35.5. The second-order valence-corrected chi connectivity index (χ2v) is 7.26. The Kier molecular flexibility index (Phi) is 3.56. The summed E-state index contributed by atoms with van der Waals surface area (Å²) in [5.41, 5.74) is 3.65. The molecule has 27 heavy (non-hydrogen) atoms. The van der Waals surface area contributed by atoms with Gasteiger partial charge in [0.1, 0.15) is 5.52 Å². The van der Waals surface area contributed by atoms with Crippen LogP contribution in [0, 0.1) is 6.92 Å². The van der Waals surface area contributed by atoms with Crippen LogP contribution in [0.15, 0.2) is 52.9 Å². The Labute approximate surface area is 161 Å². The van der Waals surface area contributed by atoms with E-state index in [0.717, 1.165) is 16.8 Å².